The number of aryl methyl sites for hydroxylation is 1. The third-order valence-electron chi connectivity index (χ3n) is 3.63. The smallest absolute Gasteiger partial charge is 0.0680 e. The van der Waals surface area contributed by atoms with Gasteiger partial charge in [-0.1, -0.05) is 35.9 Å². The van der Waals surface area contributed by atoms with Gasteiger partial charge >= 0.3 is 0 Å². The van der Waals surface area contributed by atoms with E-state index in [-0.39, 0.29) is 0 Å². The topological polar surface area (TPSA) is 9.23 Å². The summed E-state index contributed by atoms with van der Waals surface area (Å²) < 4.78 is 5.84. The fourth-order valence-electron chi connectivity index (χ4n) is 2.30. The van der Waals surface area contributed by atoms with E-state index in [0.29, 0.717) is 6.10 Å². The number of benzene rings is 1. The van der Waals surface area contributed by atoms with E-state index in [1.54, 1.807) is 0 Å². The zero-order chi connectivity index (χ0) is 12.1. The van der Waals surface area contributed by atoms with Crippen LogP contribution in [0, 0.1) is 0 Å². The highest BCUT2D eigenvalue weighted by molar-refractivity contribution is 5.15. The van der Waals surface area contributed by atoms with Crippen LogP contribution in [0.3, 0.4) is 0 Å². The fraction of sp³-hybridized carbons (Fsp3) is 0.500. The number of ether oxygens (including phenoxy) is 1. The van der Waals surface area contributed by atoms with Crippen LogP contribution in [-0.4, -0.2) is 12.7 Å². The molecule has 0 aliphatic carbocycles. The highest BCUT2D eigenvalue weighted by Crippen LogP contribution is 2.23. The molecule has 0 amide bonds. The maximum absolute atomic E-state index is 5.84. The van der Waals surface area contributed by atoms with E-state index in [4.69, 9.17) is 4.74 Å². The van der Waals surface area contributed by atoms with Crippen LogP contribution in [0.5, 0.6) is 0 Å². The van der Waals surface area contributed by atoms with Crippen LogP contribution in [0.25, 0.3) is 0 Å². The molecule has 1 aromatic carbocycles. The van der Waals surface area contributed by atoms with Gasteiger partial charge in [-0.3, -0.25) is 0 Å². The molecule has 17 heavy (non-hydrogen) atoms. The van der Waals surface area contributed by atoms with Crippen LogP contribution < -0.4 is 0 Å². The lowest BCUT2D eigenvalue weighted by Gasteiger charge is -2.25. The molecular weight excluding hydrogens is 208 g/mol. The molecule has 0 fully saturated rings. The van der Waals surface area contributed by atoms with Crippen molar-refractivity contribution >= 4 is 0 Å². The lowest BCUT2D eigenvalue weighted by atomic mass is 9.97. The zero-order valence-corrected chi connectivity index (χ0v) is 10.9. The first-order valence-electron chi connectivity index (χ1n) is 6.56. The summed E-state index contributed by atoms with van der Waals surface area (Å²) >= 11 is 0. The van der Waals surface area contributed by atoms with Gasteiger partial charge in [0.25, 0.3) is 0 Å². The molecule has 2 rings (SSSR count). The van der Waals surface area contributed by atoms with Crippen LogP contribution in [0.4, 0.5) is 0 Å². The van der Waals surface area contributed by atoms with Gasteiger partial charge in [-0.15, -0.1) is 0 Å². The van der Waals surface area contributed by atoms with Crippen LogP contribution >= 0.6 is 0 Å². The lowest BCUT2D eigenvalue weighted by molar-refractivity contribution is 0.0510. The van der Waals surface area contributed by atoms with Gasteiger partial charge in [0.2, 0.25) is 0 Å². The van der Waals surface area contributed by atoms with Gasteiger partial charge in [0, 0.05) is 0 Å². The summed E-state index contributed by atoms with van der Waals surface area (Å²) in [5.74, 6) is 0. The normalized spacial score (nSPS) is 20.7. The Morgan fingerprint density at radius 3 is 2.59 bits per heavy atom. The molecule has 0 bridgehead atoms. The largest absolute Gasteiger partial charge is 0.374 e. The average molecular weight is 230 g/mol. The lowest BCUT2D eigenvalue weighted by Crippen LogP contribution is -2.20. The summed E-state index contributed by atoms with van der Waals surface area (Å²) in [5.41, 5.74) is 4.39. The Balaban J connectivity index is 1.73. The van der Waals surface area contributed by atoms with E-state index in [0.717, 1.165) is 13.0 Å². The van der Waals surface area contributed by atoms with Crippen LogP contribution in [0.2, 0.25) is 0 Å². The van der Waals surface area contributed by atoms with Crippen molar-refractivity contribution in [3.8, 4) is 0 Å². The first-order valence-corrected chi connectivity index (χ1v) is 6.56. The van der Waals surface area contributed by atoms with E-state index in [9.17, 15) is 0 Å². The Bertz CT molecular complexity index is 378. The van der Waals surface area contributed by atoms with Crippen molar-refractivity contribution in [1.82, 2.24) is 0 Å². The van der Waals surface area contributed by atoms with Crippen molar-refractivity contribution in [2.24, 2.45) is 0 Å². The molecule has 0 saturated carbocycles. The predicted octanol–water partition coefficient (Wildman–Crippen LogP) is 4.13. The molecule has 92 valence electrons. The van der Waals surface area contributed by atoms with Gasteiger partial charge in [-0.05, 0) is 50.7 Å². The molecule has 0 N–H and O–H groups in total. The minimum atomic E-state index is 0.447. The minimum Gasteiger partial charge on any atom is -0.374 e. The summed E-state index contributed by atoms with van der Waals surface area (Å²) in [7, 11) is 0. The monoisotopic (exact) mass is 230 g/mol. The molecule has 1 atom stereocenters. The SMILES string of the molecule is CC1=C(C)CC(CCCc2ccccc2)OC1. The summed E-state index contributed by atoms with van der Waals surface area (Å²) in [4.78, 5) is 0. The van der Waals surface area contributed by atoms with Crippen molar-refractivity contribution in [2.45, 2.75) is 45.6 Å². The van der Waals surface area contributed by atoms with E-state index in [1.807, 2.05) is 0 Å². The summed E-state index contributed by atoms with van der Waals surface area (Å²) in [6.07, 6.45) is 5.14. The Morgan fingerprint density at radius 1 is 1.12 bits per heavy atom. The van der Waals surface area contributed by atoms with Crippen LogP contribution in [-0.2, 0) is 11.2 Å². The second-order valence-corrected chi connectivity index (χ2v) is 5.08. The number of hydrogen-bond donors (Lipinski definition) is 0. The van der Waals surface area contributed by atoms with Crippen molar-refractivity contribution in [3.63, 3.8) is 0 Å². The molecule has 1 unspecified atom stereocenters. The van der Waals surface area contributed by atoms with Gasteiger partial charge < -0.3 is 4.74 Å². The molecule has 0 spiro atoms. The quantitative estimate of drug-likeness (QED) is 0.706. The Morgan fingerprint density at radius 2 is 1.88 bits per heavy atom. The first-order chi connectivity index (χ1) is 8.25. The average Bonchev–Trinajstić information content (AvgIpc) is 2.35. The van der Waals surface area contributed by atoms with Gasteiger partial charge in [-0.2, -0.15) is 0 Å². The highest BCUT2D eigenvalue weighted by atomic mass is 16.5. The summed E-state index contributed by atoms with van der Waals surface area (Å²) in [5, 5.41) is 0. The van der Waals surface area contributed by atoms with Crippen molar-refractivity contribution in [1.29, 1.82) is 0 Å². The second-order valence-electron chi connectivity index (χ2n) is 5.08. The summed E-state index contributed by atoms with van der Waals surface area (Å²) in [6, 6.07) is 10.7. The van der Waals surface area contributed by atoms with E-state index in [2.05, 4.69) is 44.2 Å². The van der Waals surface area contributed by atoms with Crippen molar-refractivity contribution < 1.29 is 4.74 Å². The predicted molar refractivity (Wildman–Crippen MR) is 72.1 cm³/mol. The number of hydrogen-bond acceptors (Lipinski definition) is 1. The maximum atomic E-state index is 5.84. The molecule has 1 heteroatoms. The second kappa shape index (κ2) is 6.02. The Hall–Kier alpha value is -1.08. The van der Waals surface area contributed by atoms with E-state index >= 15 is 0 Å². The van der Waals surface area contributed by atoms with Crippen LogP contribution in [0.1, 0.15) is 38.7 Å². The molecule has 1 aliphatic heterocycles. The zero-order valence-electron chi connectivity index (χ0n) is 10.9. The first kappa shape index (κ1) is 12.4. The third-order valence-corrected chi connectivity index (χ3v) is 3.63. The molecule has 1 aromatic rings. The van der Waals surface area contributed by atoms with Gasteiger partial charge in [-0.25, -0.2) is 0 Å². The fourth-order valence-corrected chi connectivity index (χ4v) is 2.30. The molecular formula is C16H22O. The number of rotatable bonds is 4. The van der Waals surface area contributed by atoms with Crippen LogP contribution in [0.15, 0.2) is 41.5 Å². The molecule has 0 aromatic heterocycles. The Labute approximate surface area is 104 Å². The summed E-state index contributed by atoms with van der Waals surface area (Å²) in [6.45, 7) is 5.25. The molecule has 1 aliphatic rings. The standard InChI is InChI=1S/C16H22O/c1-13-11-16(17-12-14(13)2)10-6-9-15-7-4-3-5-8-15/h3-5,7-8,16H,6,9-12H2,1-2H3. The van der Waals surface area contributed by atoms with E-state index < -0.39 is 0 Å². The van der Waals surface area contributed by atoms with Gasteiger partial charge in [0.05, 0.1) is 12.7 Å². The molecule has 1 heterocycles. The highest BCUT2D eigenvalue weighted by Gasteiger charge is 2.16. The van der Waals surface area contributed by atoms with Gasteiger partial charge in [0.15, 0.2) is 0 Å². The van der Waals surface area contributed by atoms with E-state index in [1.165, 1.54) is 36.0 Å². The molecule has 1 nitrogen and oxygen atoms in total. The van der Waals surface area contributed by atoms with Gasteiger partial charge in [0.1, 0.15) is 0 Å². The molecule has 0 radical (unpaired) electrons. The van der Waals surface area contributed by atoms with Crippen molar-refractivity contribution in [2.75, 3.05) is 6.61 Å². The Kier molecular flexibility index (Phi) is 4.38. The maximum Gasteiger partial charge on any atom is 0.0680 e. The minimum absolute atomic E-state index is 0.447. The third kappa shape index (κ3) is 3.71. The van der Waals surface area contributed by atoms with Crippen molar-refractivity contribution in [3.05, 3.63) is 47.0 Å². The molecule has 0 saturated heterocycles.